The second-order valence-corrected chi connectivity index (χ2v) is 3.78. The average Bonchev–Trinajstić information content (AvgIpc) is 2.25. The highest BCUT2D eigenvalue weighted by atomic mass is 35.5. The fourth-order valence-electron chi connectivity index (χ4n) is 1.03. The molecule has 0 aliphatic heterocycles. The Labute approximate surface area is 104 Å². The molecular formula is C10H12Cl2N2O2. The maximum Gasteiger partial charge on any atom is 0.250 e. The van der Waals surface area contributed by atoms with Gasteiger partial charge in [0.05, 0.1) is 22.3 Å². The highest BCUT2D eigenvalue weighted by Gasteiger charge is 2.07. The normalized spacial score (nSPS) is 10.2. The van der Waals surface area contributed by atoms with Gasteiger partial charge in [-0.15, -0.1) is 0 Å². The van der Waals surface area contributed by atoms with Crippen molar-refractivity contribution in [2.75, 3.05) is 25.1 Å². The summed E-state index contributed by atoms with van der Waals surface area (Å²) in [6, 6.07) is 5.00. The van der Waals surface area contributed by atoms with Crippen molar-refractivity contribution in [3.63, 3.8) is 0 Å². The molecule has 16 heavy (non-hydrogen) atoms. The molecule has 0 unspecified atom stereocenters. The first-order valence-electron chi connectivity index (χ1n) is 4.67. The van der Waals surface area contributed by atoms with E-state index in [2.05, 4.69) is 5.32 Å². The van der Waals surface area contributed by atoms with Gasteiger partial charge >= 0.3 is 0 Å². The number of nitrogens with one attached hydrogen (secondary N) is 1. The Morgan fingerprint density at radius 2 is 2.19 bits per heavy atom. The van der Waals surface area contributed by atoms with Crippen LogP contribution >= 0.6 is 23.2 Å². The maximum atomic E-state index is 11.4. The lowest BCUT2D eigenvalue weighted by molar-refractivity contribution is -0.120. The van der Waals surface area contributed by atoms with Gasteiger partial charge in [-0.05, 0) is 12.1 Å². The van der Waals surface area contributed by atoms with E-state index in [1.54, 1.807) is 18.2 Å². The van der Waals surface area contributed by atoms with Crippen LogP contribution in [-0.2, 0) is 9.53 Å². The Morgan fingerprint density at radius 3 is 2.88 bits per heavy atom. The number of ether oxygens (including phenoxy) is 1. The third-order valence-electron chi connectivity index (χ3n) is 1.72. The minimum Gasteiger partial charge on any atom is -0.370 e. The number of halogens is 2. The van der Waals surface area contributed by atoms with Crippen molar-refractivity contribution < 1.29 is 9.53 Å². The Balaban J connectivity index is 2.53. The molecule has 1 rings (SSSR count). The molecule has 3 N–H and O–H groups in total. The second kappa shape index (κ2) is 6.70. The Hall–Kier alpha value is -0.810. The van der Waals surface area contributed by atoms with Gasteiger partial charge in [0.1, 0.15) is 6.61 Å². The predicted molar refractivity (Wildman–Crippen MR) is 65.0 cm³/mol. The van der Waals surface area contributed by atoms with Gasteiger partial charge < -0.3 is 15.8 Å². The van der Waals surface area contributed by atoms with Crippen LogP contribution in [-0.4, -0.2) is 25.7 Å². The molecule has 0 aliphatic rings. The number of rotatable bonds is 5. The zero-order valence-corrected chi connectivity index (χ0v) is 10.0. The van der Waals surface area contributed by atoms with Gasteiger partial charge in [-0.25, -0.2) is 0 Å². The van der Waals surface area contributed by atoms with E-state index in [1.165, 1.54) is 0 Å². The molecule has 88 valence electrons. The Bertz CT molecular complexity index is 372. The van der Waals surface area contributed by atoms with Gasteiger partial charge in [0.15, 0.2) is 0 Å². The van der Waals surface area contributed by atoms with Crippen molar-refractivity contribution in [3.8, 4) is 0 Å². The zero-order chi connectivity index (χ0) is 12.0. The molecule has 0 radical (unpaired) electrons. The molecule has 0 bridgehead atoms. The predicted octanol–water partition coefficient (Wildman–Crippen LogP) is 1.91. The van der Waals surface area contributed by atoms with Crippen LogP contribution in [0.1, 0.15) is 0 Å². The van der Waals surface area contributed by atoms with Gasteiger partial charge in [0.25, 0.3) is 0 Å². The van der Waals surface area contributed by atoms with E-state index in [0.717, 1.165) is 0 Å². The summed E-state index contributed by atoms with van der Waals surface area (Å²) in [4.78, 5) is 11.4. The first kappa shape index (κ1) is 13.3. The molecule has 1 aromatic rings. The Kier molecular flexibility index (Phi) is 5.55. The van der Waals surface area contributed by atoms with Crippen LogP contribution in [0.2, 0.25) is 10.0 Å². The smallest absolute Gasteiger partial charge is 0.250 e. The summed E-state index contributed by atoms with van der Waals surface area (Å²) >= 11 is 11.7. The minimum atomic E-state index is -0.294. The van der Waals surface area contributed by atoms with Gasteiger partial charge in [0.2, 0.25) is 5.91 Å². The van der Waals surface area contributed by atoms with Crippen molar-refractivity contribution in [3.05, 3.63) is 28.2 Å². The largest absolute Gasteiger partial charge is 0.370 e. The van der Waals surface area contributed by atoms with Crippen molar-refractivity contribution in [1.82, 2.24) is 0 Å². The number of anilines is 1. The van der Waals surface area contributed by atoms with Gasteiger partial charge in [-0.2, -0.15) is 0 Å². The molecule has 0 spiro atoms. The molecule has 0 saturated heterocycles. The van der Waals surface area contributed by atoms with Crippen LogP contribution in [0.25, 0.3) is 0 Å². The standard InChI is InChI=1S/C10H12Cl2N2O2/c11-7-2-1-3-8(10(7)12)14-9(15)6-16-5-4-13/h1-3H,4-6,13H2,(H,14,15). The molecular weight excluding hydrogens is 251 g/mol. The van der Waals surface area contributed by atoms with E-state index in [0.29, 0.717) is 28.9 Å². The lowest BCUT2D eigenvalue weighted by atomic mass is 10.3. The summed E-state index contributed by atoms with van der Waals surface area (Å²) in [7, 11) is 0. The first-order valence-corrected chi connectivity index (χ1v) is 5.42. The van der Waals surface area contributed by atoms with Crippen molar-refractivity contribution in [2.45, 2.75) is 0 Å². The van der Waals surface area contributed by atoms with E-state index >= 15 is 0 Å². The third-order valence-corrected chi connectivity index (χ3v) is 2.54. The fraction of sp³-hybridized carbons (Fsp3) is 0.300. The number of carbonyl (C=O) groups is 1. The van der Waals surface area contributed by atoms with Crippen LogP contribution in [0.15, 0.2) is 18.2 Å². The maximum absolute atomic E-state index is 11.4. The van der Waals surface area contributed by atoms with E-state index in [9.17, 15) is 4.79 Å². The summed E-state index contributed by atoms with van der Waals surface area (Å²) in [5.41, 5.74) is 5.68. The van der Waals surface area contributed by atoms with Crippen LogP contribution < -0.4 is 11.1 Å². The number of amides is 1. The molecule has 1 aromatic carbocycles. The summed E-state index contributed by atoms with van der Waals surface area (Å²) in [6.45, 7) is 0.669. The fourth-order valence-corrected chi connectivity index (χ4v) is 1.38. The number of hydrogen-bond acceptors (Lipinski definition) is 3. The van der Waals surface area contributed by atoms with E-state index in [1.807, 2.05) is 0 Å². The highest BCUT2D eigenvalue weighted by Crippen LogP contribution is 2.29. The third kappa shape index (κ3) is 3.98. The monoisotopic (exact) mass is 262 g/mol. The molecule has 0 aliphatic carbocycles. The topological polar surface area (TPSA) is 64.3 Å². The number of hydrogen-bond donors (Lipinski definition) is 2. The van der Waals surface area contributed by atoms with Crippen LogP contribution in [0.4, 0.5) is 5.69 Å². The first-order chi connectivity index (χ1) is 7.65. The Morgan fingerprint density at radius 1 is 1.44 bits per heavy atom. The number of nitrogens with two attached hydrogens (primary N) is 1. The second-order valence-electron chi connectivity index (χ2n) is 2.99. The van der Waals surface area contributed by atoms with Crippen LogP contribution in [0.3, 0.4) is 0 Å². The van der Waals surface area contributed by atoms with Crippen LogP contribution in [0, 0.1) is 0 Å². The molecule has 1 amide bonds. The summed E-state index contributed by atoms with van der Waals surface area (Å²) < 4.78 is 4.97. The molecule has 0 aromatic heterocycles. The van der Waals surface area contributed by atoms with Gasteiger partial charge in [-0.1, -0.05) is 29.3 Å². The van der Waals surface area contributed by atoms with Crippen molar-refractivity contribution in [2.24, 2.45) is 5.73 Å². The minimum absolute atomic E-state index is 0.0555. The summed E-state index contributed by atoms with van der Waals surface area (Å²) in [5, 5.41) is 3.30. The van der Waals surface area contributed by atoms with E-state index < -0.39 is 0 Å². The molecule has 6 heteroatoms. The van der Waals surface area contributed by atoms with Crippen molar-refractivity contribution in [1.29, 1.82) is 0 Å². The summed E-state index contributed by atoms with van der Waals surface area (Å²) in [5.74, 6) is -0.294. The molecule has 0 saturated carbocycles. The van der Waals surface area contributed by atoms with Gasteiger partial charge in [0, 0.05) is 6.54 Å². The van der Waals surface area contributed by atoms with Crippen LogP contribution in [0.5, 0.6) is 0 Å². The lowest BCUT2D eigenvalue weighted by Crippen LogP contribution is -2.20. The van der Waals surface area contributed by atoms with Crippen molar-refractivity contribution >= 4 is 34.8 Å². The average molecular weight is 263 g/mol. The summed E-state index contributed by atoms with van der Waals surface area (Å²) in [6.07, 6.45) is 0. The number of carbonyl (C=O) groups excluding carboxylic acids is 1. The molecule has 0 atom stereocenters. The molecule has 0 heterocycles. The molecule has 0 fully saturated rings. The quantitative estimate of drug-likeness (QED) is 0.797. The number of benzene rings is 1. The van der Waals surface area contributed by atoms with E-state index in [4.69, 9.17) is 33.7 Å². The van der Waals surface area contributed by atoms with Gasteiger partial charge in [-0.3, -0.25) is 4.79 Å². The molecule has 4 nitrogen and oxygen atoms in total. The lowest BCUT2D eigenvalue weighted by Gasteiger charge is -2.08. The zero-order valence-electron chi connectivity index (χ0n) is 8.50. The van der Waals surface area contributed by atoms with E-state index in [-0.39, 0.29) is 12.5 Å². The SMILES string of the molecule is NCCOCC(=O)Nc1cccc(Cl)c1Cl. The highest BCUT2D eigenvalue weighted by molar-refractivity contribution is 6.43.